The Morgan fingerprint density at radius 1 is 1.17 bits per heavy atom. The van der Waals surface area contributed by atoms with E-state index in [-0.39, 0.29) is 35.2 Å². The van der Waals surface area contributed by atoms with Crippen LogP contribution in [0.25, 0.3) is 0 Å². The maximum Gasteiger partial charge on any atom is 0.411 e. The molecule has 41 heavy (non-hydrogen) atoms. The predicted molar refractivity (Wildman–Crippen MR) is 178 cm³/mol. The molecule has 1 aromatic rings. The third-order valence-corrected chi connectivity index (χ3v) is 7.56. The van der Waals surface area contributed by atoms with E-state index in [4.69, 9.17) is 4.74 Å². The average Bonchev–Trinajstić information content (AvgIpc) is 3.20. The minimum atomic E-state index is -0.546. The van der Waals surface area contributed by atoms with Gasteiger partial charge in [-0.2, -0.15) is 11.8 Å². The van der Waals surface area contributed by atoms with Crippen LogP contribution >= 0.6 is 23.5 Å². The van der Waals surface area contributed by atoms with E-state index in [9.17, 15) is 14.4 Å². The molecule has 1 aromatic carbocycles. The van der Waals surface area contributed by atoms with Gasteiger partial charge in [0.05, 0.1) is 23.5 Å². The van der Waals surface area contributed by atoms with Crippen LogP contribution < -0.4 is 10.6 Å². The van der Waals surface area contributed by atoms with E-state index in [1.54, 1.807) is 16.7 Å². The Balaban J connectivity index is 0.00000205. The summed E-state index contributed by atoms with van der Waals surface area (Å²) < 4.78 is 5.63. The summed E-state index contributed by atoms with van der Waals surface area (Å²) in [5.41, 5.74) is 0.502. The van der Waals surface area contributed by atoms with Crippen molar-refractivity contribution in [2.24, 2.45) is 0 Å². The van der Waals surface area contributed by atoms with Crippen molar-refractivity contribution in [3.63, 3.8) is 0 Å². The van der Waals surface area contributed by atoms with Crippen LogP contribution in [-0.4, -0.2) is 76.1 Å². The van der Waals surface area contributed by atoms with Crippen molar-refractivity contribution in [1.29, 1.82) is 0 Å². The van der Waals surface area contributed by atoms with Crippen LogP contribution in [0.2, 0.25) is 0 Å². The zero-order valence-electron chi connectivity index (χ0n) is 27.0. The molecule has 2 atom stereocenters. The number of rotatable bonds is 11. The van der Waals surface area contributed by atoms with Gasteiger partial charge in [-0.15, -0.1) is 11.8 Å². The Hall–Kier alpha value is -1.97. The SMILES string of the molecule is CC(=O)CNC(=O)C(Cc1ccccc1)NCC/C=C/C1CSC(C)(C)N1C(=O)OC(C)(C)C.CCC.CCSC. The van der Waals surface area contributed by atoms with Gasteiger partial charge in [0.15, 0.2) is 0 Å². The minimum Gasteiger partial charge on any atom is -0.444 e. The number of hydrogen-bond acceptors (Lipinski definition) is 7. The first kappa shape index (κ1) is 39.0. The van der Waals surface area contributed by atoms with E-state index in [0.717, 1.165) is 11.3 Å². The van der Waals surface area contributed by atoms with Crippen molar-refractivity contribution in [3.05, 3.63) is 48.0 Å². The number of hydrogen-bond donors (Lipinski definition) is 2. The van der Waals surface area contributed by atoms with Crippen LogP contribution in [0.4, 0.5) is 4.79 Å². The summed E-state index contributed by atoms with van der Waals surface area (Å²) in [7, 11) is 0. The van der Waals surface area contributed by atoms with Crippen molar-refractivity contribution in [3.8, 4) is 0 Å². The first-order valence-corrected chi connectivity index (χ1v) is 17.0. The summed E-state index contributed by atoms with van der Waals surface area (Å²) in [6.07, 6.45) is 8.38. The average molecular weight is 610 g/mol. The zero-order valence-corrected chi connectivity index (χ0v) is 28.7. The molecule has 7 nitrogen and oxygen atoms in total. The van der Waals surface area contributed by atoms with Gasteiger partial charge in [-0.3, -0.25) is 14.5 Å². The third kappa shape index (κ3) is 17.6. The van der Waals surface area contributed by atoms with Gasteiger partial charge < -0.3 is 15.4 Å². The van der Waals surface area contributed by atoms with E-state index in [0.29, 0.717) is 19.4 Å². The Morgan fingerprint density at radius 3 is 2.27 bits per heavy atom. The molecule has 9 heteroatoms. The van der Waals surface area contributed by atoms with Crippen molar-refractivity contribution < 1.29 is 19.1 Å². The second-order valence-corrected chi connectivity index (χ2v) is 14.1. The number of Topliss-reactive ketones (excluding diaryl/α,β-unsaturated/α-hetero) is 1. The van der Waals surface area contributed by atoms with Gasteiger partial charge in [0.2, 0.25) is 5.91 Å². The normalized spacial score (nSPS) is 16.6. The molecule has 1 fully saturated rings. The highest BCUT2D eigenvalue weighted by molar-refractivity contribution is 8.00. The van der Waals surface area contributed by atoms with E-state index in [1.165, 1.54) is 19.1 Å². The summed E-state index contributed by atoms with van der Waals surface area (Å²) >= 11 is 3.59. The lowest BCUT2D eigenvalue weighted by Gasteiger charge is -2.35. The monoisotopic (exact) mass is 609 g/mol. The molecule has 1 heterocycles. The van der Waals surface area contributed by atoms with Crippen molar-refractivity contribution in [2.75, 3.05) is 30.9 Å². The van der Waals surface area contributed by atoms with Crippen LogP contribution in [0.3, 0.4) is 0 Å². The standard InChI is InChI=1S/C26H39N3O4S.C3H8S.C3H8/c1-19(30)17-28-23(31)22(16-20-12-8-7-9-13-20)27-15-11-10-14-21-18-34-26(5,6)29(21)24(32)33-25(2,3)4;1-3-4-2;1-3-2/h7-10,12-14,21-22,27H,11,15-18H2,1-6H3,(H,28,31);3H2,1-2H3;3H2,1-2H3/b14-10+;;. The molecule has 1 aliphatic heterocycles. The highest BCUT2D eigenvalue weighted by Crippen LogP contribution is 2.40. The summed E-state index contributed by atoms with van der Waals surface area (Å²) in [5.74, 6) is 1.77. The zero-order chi connectivity index (χ0) is 31.5. The van der Waals surface area contributed by atoms with E-state index >= 15 is 0 Å². The summed E-state index contributed by atoms with van der Waals surface area (Å²) in [6, 6.07) is 9.31. The topological polar surface area (TPSA) is 87.7 Å². The maximum atomic E-state index is 12.8. The molecule has 2 N–H and O–H groups in total. The molecule has 0 saturated carbocycles. The number of ketones is 1. The van der Waals surface area contributed by atoms with Crippen molar-refractivity contribution in [2.45, 2.75) is 104 Å². The molecule has 2 unspecified atom stereocenters. The lowest BCUT2D eigenvalue weighted by molar-refractivity contribution is -0.125. The Morgan fingerprint density at radius 2 is 1.76 bits per heavy atom. The molecule has 2 rings (SSSR count). The third-order valence-electron chi connectivity index (χ3n) is 5.57. The number of thioether (sulfide) groups is 2. The molecular weight excluding hydrogens is 555 g/mol. The highest BCUT2D eigenvalue weighted by atomic mass is 32.2. The minimum absolute atomic E-state index is 0.0291. The lowest BCUT2D eigenvalue weighted by atomic mass is 10.0. The molecule has 0 spiro atoms. The maximum absolute atomic E-state index is 12.8. The van der Waals surface area contributed by atoms with Crippen LogP contribution in [0, 0.1) is 0 Å². The van der Waals surface area contributed by atoms with Crippen LogP contribution in [0.1, 0.15) is 80.7 Å². The number of nitrogens with one attached hydrogen (secondary N) is 2. The number of nitrogens with zero attached hydrogens (tertiary/aromatic N) is 1. The van der Waals surface area contributed by atoms with E-state index < -0.39 is 11.6 Å². The van der Waals surface area contributed by atoms with Crippen molar-refractivity contribution in [1.82, 2.24) is 15.5 Å². The fraction of sp³-hybridized carbons (Fsp3) is 0.656. The van der Waals surface area contributed by atoms with E-state index in [1.807, 2.05) is 82.8 Å². The second-order valence-electron chi connectivity index (χ2n) is 11.3. The van der Waals surface area contributed by atoms with Gasteiger partial charge in [-0.25, -0.2) is 4.79 Å². The Kier molecular flexibility index (Phi) is 19.8. The largest absolute Gasteiger partial charge is 0.444 e. The first-order valence-electron chi connectivity index (χ1n) is 14.6. The fourth-order valence-electron chi connectivity index (χ4n) is 3.68. The highest BCUT2D eigenvalue weighted by Gasteiger charge is 2.44. The molecule has 1 saturated heterocycles. The van der Waals surface area contributed by atoms with Gasteiger partial charge in [-0.1, -0.05) is 69.7 Å². The quantitative estimate of drug-likeness (QED) is 0.213. The van der Waals surface area contributed by atoms with E-state index in [2.05, 4.69) is 43.7 Å². The van der Waals surface area contributed by atoms with Crippen LogP contribution in [0.15, 0.2) is 42.5 Å². The number of carbonyl (C=O) groups is 3. The second kappa shape index (κ2) is 20.8. The number of benzene rings is 1. The van der Waals surface area contributed by atoms with Crippen molar-refractivity contribution >= 4 is 41.3 Å². The summed E-state index contributed by atoms with van der Waals surface area (Å²) in [5, 5.41) is 6.02. The predicted octanol–water partition coefficient (Wildman–Crippen LogP) is 6.71. The van der Waals surface area contributed by atoms with Crippen LogP contribution in [0.5, 0.6) is 0 Å². The van der Waals surface area contributed by atoms with Gasteiger partial charge in [0.25, 0.3) is 0 Å². The van der Waals surface area contributed by atoms with Gasteiger partial charge >= 0.3 is 6.09 Å². The first-order chi connectivity index (χ1) is 19.2. The number of ether oxygens (including phenoxy) is 1. The van der Waals surface area contributed by atoms with Gasteiger partial charge in [0, 0.05) is 5.75 Å². The molecule has 0 radical (unpaired) electrons. The molecular formula is C32H55N3O4S2. The fourth-order valence-corrected chi connectivity index (χ4v) is 4.86. The molecule has 0 aromatic heterocycles. The smallest absolute Gasteiger partial charge is 0.411 e. The lowest BCUT2D eigenvalue weighted by Crippen LogP contribution is -2.48. The van der Waals surface area contributed by atoms with Crippen LogP contribution in [-0.2, 0) is 20.7 Å². The molecule has 234 valence electrons. The molecule has 0 bridgehead atoms. The molecule has 0 aliphatic carbocycles. The van der Waals surface area contributed by atoms with Gasteiger partial charge in [-0.05, 0) is 78.5 Å². The summed E-state index contributed by atoms with van der Waals surface area (Å²) in [6.45, 7) is 18.1. The summed E-state index contributed by atoms with van der Waals surface area (Å²) in [4.78, 5) is 38.2. The number of carbonyl (C=O) groups excluding carboxylic acids is 3. The Labute approximate surface area is 258 Å². The molecule has 1 aliphatic rings. The van der Waals surface area contributed by atoms with Gasteiger partial charge in [0.1, 0.15) is 11.4 Å². The number of amides is 2. The molecule has 2 amide bonds. The Bertz CT molecular complexity index is 915.